The van der Waals surface area contributed by atoms with Crippen LogP contribution < -0.4 is 29.6 Å². The molecule has 18 heteroatoms. The molecule has 0 aliphatic carbocycles. The minimum absolute atomic E-state index is 0.0834. The lowest BCUT2D eigenvalue weighted by Crippen LogP contribution is -2.50. The van der Waals surface area contributed by atoms with Crippen LogP contribution in [0.2, 0.25) is 0 Å². The highest BCUT2D eigenvalue weighted by Crippen LogP contribution is 2.30. The summed E-state index contributed by atoms with van der Waals surface area (Å²) in [7, 11) is -2.35. The Morgan fingerprint density at radius 1 is 0.526 bits per heavy atom. The first-order valence-electron chi connectivity index (χ1n) is 24.7. The summed E-state index contributed by atoms with van der Waals surface area (Å²) in [5, 5.41) is 28.9. The molecule has 8 N–H and O–H groups in total. The molecule has 0 saturated heterocycles. The van der Waals surface area contributed by atoms with Crippen molar-refractivity contribution in [2.45, 2.75) is 73.6 Å². The van der Waals surface area contributed by atoms with E-state index in [-0.39, 0.29) is 45.9 Å². The Labute approximate surface area is 455 Å². The highest BCUT2D eigenvalue weighted by atomic mass is 32.2. The highest BCUT2D eigenvalue weighted by Gasteiger charge is 2.35. The second-order valence-electron chi connectivity index (χ2n) is 19.3. The van der Waals surface area contributed by atoms with Gasteiger partial charge in [0.1, 0.15) is 21.3 Å². The minimum atomic E-state index is -4.13. The number of methoxy groups -OCH3 is 2. The predicted octanol–water partition coefficient (Wildman–Crippen LogP) is 7.19. The molecule has 6 aromatic carbocycles. The average molecular weight is 1090 g/mol. The zero-order chi connectivity index (χ0) is 56.4. The van der Waals surface area contributed by atoms with Crippen LogP contribution in [0.3, 0.4) is 0 Å². The van der Waals surface area contributed by atoms with E-state index in [1.807, 2.05) is 60.9 Å². The molecule has 0 radical (unpaired) electrons. The van der Waals surface area contributed by atoms with Gasteiger partial charge in [0.2, 0.25) is 20.0 Å². The highest BCUT2D eigenvalue weighted by molar-refractivity contribution is 7.90. The van der Waals surface area contributed by atoms with Gasteiger partial charge in [0.25, 0.3) is 11.8 Å². The number of aromatic nitrogens is 2. The summed E-state index contributed by atoms with van der Waals surface area (Å²) >= 11 is 0. The first-order valence-corrected chi connectivity index (χ1v) is 27.6. The number of hydrogen-bond acceptors (Lipinski definition) is 10. The van der Waals surface area contributed by atoms with E-state index < -0.39 is 43.3 Å². The van der Waals surface area contributed by atoms with E-state index >= 15 is 0 Å². The number of rotatable bonds is 16. The largest absolute Gasteiger partial charge is 0.495 e. The summed E-state index contributed by atoms with van der Waals surface area (Å²) in [6.07, 6.45) is 4.18. The van der Waals surface area contributed by atoms with Gasteiger partial charge in [-0.15, -0.1) is 0 Å². The van der Waals surface area contributed by atoms with E-state index in [9.17, 15) is 36.6 Å². The molecule has 0 saturated carbocycles. The minimum Gasteiger partial charge on any atom is -0.495 e. The van der Waals surface area contributed by atoms with E-state index in [0.29, 0.717) is 33.4 Å². The molecule has 2 aromatic heterocycles. The number of carbonyl (C=O) groups is 2. The van der Waals surface area contributed by atoms with Gasteiger partial charge in [-0.2, -0.15) is 0 Å². The van der Waals surface area contributed by atoms with E-state index in [2.05, 4.69) is 53.7 Å². The number of nitrogens with one attached hydrogen (secondary N) is 6. The number of fused-ring (bicyclic) bond motifs is 2. The second-order valence-corrected chi connectivity index (χ2v) is 22.7. The van der Waals surface area contributed by atoms with E-state index in [1.54, 1.807) is 109 Å². The molecular formula is C60H62N6O10S2. The molecule has 0 fully saturated rings. The summed E-state index contributed by atoms with van der Waals surface area (Å²) in [5.74, 6) is 11.8. The maximum atomic E-state index is 13.6. The summed E-state index contributed by atoms with van der Waals surface area (Å²) in [5.41, 5.74) is 4.06. The third-order valence-corrected chi connectivity index (χ3v) is 15.8. The summed E-state index contributed by atoms with van der Waals surface area (Å²) in [6, 6.07) is 36.7. The molecular weight excluding hydrogens is 1030 g/mol. The Morgan fingerprint density at radius 3 is 1.35 bits per heavy atom. The number of ether oxygens (including phenoxy) is 2. The van der Waals surface area contributed by atoms with Crippen molar-refractivity contribution >= 4 is 53.7 Å². The van der Waals surface area contributed by atoms with Crippen molar-refractivity contribution in [1.82, 2.24) is 30.0 Å². The standard InChI is InChI=1S/2C30H31N3O5S/c1-30(2,35)28(18-23-19-32-25-11-6-5-10-24(23)25)33-39(36,37)27-17-21(14-15-26(27)38-4)13-12-20-8-7-9-22(16-20)29(34)31-3;1-30(2,35)28(18-23-19-32-25-8-6-5-7-24(23)25)33-39(36,37)27-17-21(13-16-26(27)38-4)10-9-20-11-14-22(15-12-20)29(34)31-3/h5-11,14-17,19,28,32-33,35H,18H2,1-4H3,(H,31,34);5-8,11-17,19,28,32-33,35H,18H2,1-4H3,(H,31,34)/t2*28-/m11/s1. The van der Waals surface area contributed by atoms with Gasteiger partial charge in [0, 0.05) is 81.7 Å². The zero-order valence-corrected chi connectivity index (χ0v) is 46.0. The molecule has 2 atom stereocenters. The maximum Gasteiger partial charge on any atom is 0.251 e. The Balaban J connectivity index is 0.000000226. The number of hydrogen-bond donors (Lipinski definition) is 8. The Bertz CT molecular complexity index is 3830. The van der Waals surface area contributed by atoms with Gasteiger partial charge in [-0.25, -0.2) is 26.3 Å². The van der Waals surface area contributed by atoms with Crippen LogP contribution in [0.4, 0.5) is 0 Å². The fraction of sp³-hybridized carbons (Fsp3) is 0.233. The smallest absolute Gasteiger partial charge is 0.251 e. The third-order valence-electron chi connectivity index (χ3n) is 12.8. The second kappa shape index (κ2) is 24.4. The lowest BCUT2D eigenvalue weighted by molar-refractivity contribution is 0.0458. The first-order chi connectivity index (χ1) is 37.0. The SMILES string of the molecule is CNC(=O)c1ccc(C#Cc2ccc(OC)c(S(=O)(=O)N[C@H](Cc3c[nH]c4ccccc34)C(C)(C)O)c2)cc1.CNC(=O)c1cccc(C#Cc2ccc(OC)c(S(=O)(=O)N[C@H](Cc3c[nH]c4ccccc34)C(C)(C)O)c2)c1. The number of benzene rings is 6. The normalized spacial score (nSPS) is 12.4. The van der Waals surface area contributed by atoms with Crippen molar-refractivity contribution in [3.05, 3.63) is 190 Å². The van der Waals surface area contributed by atoms with E-state index in [4.69, 9.17) is 9.47 Å². The summed E-state index contributed by atoms with van der Waals surface area (Å²) in [6.45, 7) is 6.29. The monoisotopic (exact) mass is 1090 g/mol. The molecule has 78 heavy (non-hydrogen) atoms. The molecule has 404 valence electrons. The molecule has 0 spiro atoms. The fourth-order valence-corrected chi connectivity index (χ4v) is 11.5. The number of carbonyl (C=O) groups excluding carboxylic acids is 2. The van der Waals surface area contributed by atoms with Gasteiger partial charge < -0.3 is 40.3 Å². The van der Waals surface area contributed by atoms with Crippen LogP contribution in [0.15, 0.2) is 156 Å². The number of H-pyrrole nitrogens is 2. The topological polar surface area (TPSA) is 241 Å². The Kier molecular flexibility index (Phi) is 18.0. The number of amides is 2. The van der Waals surface area contributed by atoms with Crippen molar-refractivity contribution in [3.63, 3.8) is 0 Å². The molecule has 2 amide bonds. The molecule has 0 aliphatic rings. The van der Waals surface area contributed by atoms with Crippen molar-refractivity contribution in [3.8, 4) is 35.2 Å². The van der Waals surface area contributed by atoms with Gasteiger partial charge in [-0.3, -0.25) is 9.59 Å². The van der Waals surface area contributed by atoms with Gasteiger partial charge in [0.05, 0.1) is 37.5 Å². The Hall–Kier alpha value is -8.20. The summed E-state index contributed by atoms with van der Waals surface area (Å²) in [4.78, 5) is 29.9. The van der Waals surface area contributed by atoms with E-state index in [1.165, 1.54) is 32.4 Å². The van der Waals surface area contributed by atoms with Crippen molar-refractivity contribution < 1.29 is 46.1 Å². The van der Waals surface area contributed by atoms with Crippen LogP contribution in [0, 0.1) is 23.7 Å². The maximum absolute atomic E-state index is 13.6. The number of para-hydroxylation sites is 2. The van der Waals surface area contributed by atoms with Gasteiger partial charge in [-0.05, 0) is 143 Å². The molecule has 0 unspecified atom stereocenters. The predicted molar refractivity (Wildman–Crippen MR) is 302 cm³/mol. The van der Waals surface area contributed by atoms with Crippen molar-refractivity contribution in [2.75, 3.05) is 28.3 Å². The van der Waals surface area contributed by atoms with Gasteiger partial charge in [-0.1, -0.05) is 66.1 Å². The molecule has 0 bridgehead atoms. The van der Waals surface area contributed by atoms with Crippen molar-refractivity contribution in [1.29, 1.82) is 0 Å². The Morgan fingerprint density at radius 2 is 0.923 bits per heavy atom. The van der Waals surface area contributed by atoms with Gasteiger partial charge in [0.15, 0.2) is 0 Å². The molecule has 0 aliphatic heterocycles. The van der Waals surface area contributed by atoms with Crippen molar-refractivity contribution in [2.24, 2.45) is 0 Å². The number of sulfonamides is 2. The molecule has 8 aromatic rings. The van der Waals surface area contributed by atoms with Crippen LogP contribution in [0.25, 0.3) is 21.8 Å². The lowest BCUT2D eigenvalue weighted by Gasteiger charge is -2.30. The van der Waals surface area contributed by atoms with Crippen LogP contribution in [-0.4, -0.2) is 100 Å². The summed E-state index contributed by atoms with van der Waals surface area (Å²) < 4.78 is 70.6. The van der Waals surface area contributed by atoms with Crippen LogP contribution in [0.5, 0.6) is 11.5 Å². The molecule has 2 heterocycles. The number of aromatic amines is 2. The molecule has 8 rings (SSSR count). The van der Waals surface area contributed by atoms with E-state index in [0.717, 1.165) is 32.9 Å². The fourth-order valence-electron chi connectivity index (χ4n) is 8.36. The van der Waals surface area contributed by atoms with Gasteiger partial charge >= 0.3 is 0 Å². The zero-order valence-electron chi connectivity index (χ0n) is 44.4. The number of aliphatic hydroxyl groups is 2. The quantitative estimate of drug-likeness (QED) is 0.0453. The van der Waals surface area contributed by atoms with Crippen LogP contribution in [-0.2, 0) is 32.9 Å². The average Bonchev–Trinajstić information content (AvgIpc) is 4.07. The first kappa shape index (κ1) is 57.5. The van der Waals surface area contributed by atoms with Crippen LogP contribution >= 0.6 is 0 Å². The lowest BCUT2D eigenvalue weighted by atomic mass is 9.93. The van der Waals surface area contributed by atoms with Crippen LogP contribution in [0.1, 0.15) is 81.8 Å². The molecule has 16 nitrogen and oxygen atoms in total. The third kappa shape index (κ3) is 14.2.